The lowest BCUT2D eigenvalue weighted by atomic mass is 9.94. The van der Waals surface area contributed by atoms with Gasteiger partial charge in [-0.2, -0.15) is 0 Å². The van der Waals surface area contributed by atoms with Crippen LogP contribution in [-0.4, -0.2) is 27.7 Å². The summed E-state index contributed by atoms with van der Waals surface area (Å²) in [5, 5.41) is 0. The van der Waals surface area contributed by atoms with Crippen molar-refractivity contribution >= 4 is 21.4 Å². The maximum Gasteiger partial charge on any atom is 0.241 e. The molecule has 2 heterocycles. The van der Waals surface area contributed by atoms with E-state index in [1.807, 2.05) is 13.8 Å². The maximum atomic E-state index is 12.5. The Labute approximate surface area is 124 Å². The van der Waals surface area contributed by atoms with E-state index in [0.717, 1.165) is 22.6 Å². The topological polar surface area (TPSA) is 81.4 Å². The van der Waals surface area contributed by atoms with Gasteiger partial charge in [0.2, 0.25) is 10.0 Å². The third kappa shape index (κ3) is 3.59. The van der Waals surface area contributed by atoms with Gasteiger partial charge in [-0.05, 0) is 38.7 Å². The van der Waals surface area contributed by atoms with Crippen LogP contribution in [0.5, 0.6) is 0 Å². The summed E-state index contributed by atoms with van der Waals surface area (Å²) in [7, 11) is -3.46. The first-order valence-electron chi connectivity index (χ1n) is 6.83. The molecular formula is C13H22N2O3S2. The summed E-state index contributed by atoms with van der Waals surface area (Å²) in [6.45, 7) is 5.55. The molecule has 1 aromatic rings. The molecule has 5 nitrogen and oxygen atoms in total. The van der Waals surface area contributed by atoms with E-state index in [1.165, 1.54) is 11.3 Å². The predicted octanol–water partition coefficient (Wildman–Crippen LogP) is 1.61. The Morgan fingerprint density at radius 3 is 2.70 bits per heavy atom. The summed E-state index contributed by atoms with van der Waals surface area (Å²) in [5.74, 6) is 0.339. The zero-order valence-electron chi connectivity index (χ0n) is 11.9. The van der Waals surface area contributed by atoms with E-state index < -0.39 is 10.0 Å². The number of nitrogens with two attached hydrogens (primary N) is 1. The van der Waals surface area contributed by atoms with Crippen molar-refractivity contribution in [2.75, 3.05) is 13.2 Å². The Kier molecular flexibility index (Phi) is 5.19. The molecule has 1 aliphatic rings. The van der Waals surface area contributed by atoms with Crippen LogP contribution in [0.1, 0.15) is 29.5 Å². The van der Waals surface area contributed by atoms with Gasteiger partial charge in [-0.25, -0.2) is 13.1 Å². The molecule has 1 fully saturated rings. The Morgan fingerprint density at radius 2 is 2.15 bits per heavy atom. The van der Waals surface area contributed by atoms with E-state index in [9.17, 15) is 8.42 Å². The Morgan fingerprint density at radius 1 is 1.50 bits per heavy atom. The van der Waals surface area contributed by atoms with Crippen LogP contribution >= 0.6 is 11.3 Å². The SMILES string of the molecule is Cc1sc(CN)cc1S(=O)(=O)NC(C)C1CCOCC1. The molecule has 1 unspecified atom stereocenters. The molecule has 0 aromatic carbocycles. The predicted molar refractivity (Wildman–Crippen MR) is 80.3 cm³/mol. The molecule has 0 aliphatic carbocycles. The van der Waals surface area contributed by atoms with E-state index in [0.29, 0.717) is 30.6 Å². The van der Waals surface area contributed by atoms with Gasteiger partial charge in [0.25, 0.3) is 0 Å². The molecule has 20 heavy (non-hydrogen) atoms. The summed E-state index contributed by atoms with van der Waals surface area (Å²) >= 11 is 1.44. The van der Waals surface area contributed by atoms with Crippen molar-refractivity contribution in [3.8, 4) is 0 Å². The quantitative estimate of drug-likeness (QED) is 0.864. The van der Waals surface area contributed by atoms with Crippen molar-refractivity contribution in [3.63, 3.8) is 0 Å². The van der Waals surface area contributed by atoms with Crippen molar-refractivity contribution in [1.82, 2.24) is 4.72 Å². The normalized spacial score (nSPS) is 19.1. The first kappa shape index (κ1) is 15.9. The fraction of sp³-hybridized carbons (Fsp3) is 0.692. The zero-order valence-corrected chi connectivity index (χ0v) is 13.5. The fourth-order valence-corrected chi connectivity index (χ4v) is 5.34. The summed E-state index contributed by atoms with van der Waals surface area (Å²) in [6, 6.07) is 1.60. The lowest BCUT2D eigenvalue weighted by Gasteiger charge is -2.28. The van der Waals surface area contributed by atoms with Crippen molar-refractivity contribution in [1.29, 1.82) is 0 Å². The van der Waals surface area contributed by atoms with Crippen LogP contribution < -0.4 is 10.5 Å². The highest BCUT2D eigenvalue weighted by Crippen LogP contribution is 2.27. The average molecular weight is 318 g/mol. The van der Waals surface area contributed by atoms with Gasteiger partial charge in [0.15, 0.2) is 0 Å². The molecule has 0 radical (unpaired) electrons. The van der Waals surface area contributed by atoms with E-state index >= 15 is 0 Å². The van der Waals surface area contributed by atoms with Gasteiger partial charge >= 0.3 is 0 Å². The van der Waals surface area contributed by atoms with Gasteiger partial charge in [-0.1, -0.05) is 0 Å². The molecule has 1 atom stereocenters. The van der Waals surface area contributed by atoms with Crippen LogP contribution in [0.3, 0.4) is 0 Å². The molecule has 3 N–H and O–H groups in total. The lowest BCUT2D eigenvalue weighted by molar-refractivity contribution is 0.0585. The maximum absolute atomic E-state index is 12.5. The second kappa shape index (κ2) is 6.53. The van der Waals surface area contributed by atoms with Crippen molar-refractivity contribution < 1.29 is 13.2 Å². The van der Waals surface area contributed by atoms with E-state index in [-0.39, 0.29) is 6.04 Å². The smallest absolute Gasteiger partial charge is 0.241 e. The van der Waals surface area contributed by atoms with E-state index in [1.54, 1.807) is 6.07 Å². The second-order valence-electron chi connectivity index (χ2n) is 5.20. The molecule has 1 aromatic heterocycles. The average Bonchev–Trinajstić information content (AvgIpc) is 2.81. The standard InChI is InChI=1S/C13H22N2O3S2/c1-9(11-3-5-18-6-4-11)15-20(16,17)13-7-12(8-14)19-10(13)2/h7,9,11,15H,3-6,8,14H2,1-2H3. The number of sulfonamides is 1. The van der Waals surface area contributed by atoms with Crippen molar-refractivity contribution in [2.24, 2.45) is 11.7 Å². The van der Waals surface area contributed by atoms with Crippen LogP contribution in [0.15, 0.2) is 11.0 Å². The molecule has 1 aliphatic heterocycles. The van der Waals surface area contributed by atoms with Gasteiger partial charge in [-0.3, -0.25) is 0 Å². The number of thiophene rings is 1. The van der Waals surface area contributed by atoms with Crippen LogP contribution in [-0.2, 0) is 21.3 Å². The molecule has 0 spiro atoms. The van der Waals surface area contributed by atoms with Crippen LogP contribution in [0.25, 0.3) is 0 Å². The molecule has 1 saturated heterocycles. The van der Waals surface area contributed by atoms with Crippen LogP contribution in [0.4, 0.5) is 0 Å². The van der Waals surface area contributed by atoms with Crippen molar-refractivity contribution in [3.05, 3.63) is 15.8 Å². The number of ether oxygens (including phenoxy) is 1. The van der Waals surface area contributed by atoms with Crippen LogP contribution in [0, 0.1) is 12.8 Å². The van der Waals surface area contributed by atoms with Gasteiger partial charge in [-0.15, -0.1) is 11.3 Å². The molecule has 0 saturated carbocycles. The minimum atomic E-state index is -3.46. The third-order valence-corrected chi connectivity index (χ3v) is 6.62. The molecular weight excluding hydrogens is 296 g/mol. The lowest BCUT2D eigenvalue weighted by Crippen LogP contribution is -2.40. The Balaban J connectivity index is 2.11. The number of nitrogens with one attached hydrogen (secondary N) is 1. The van der Waals surface area contributed by atoms with E-state index in [4.69, 9.17) is 10.5 Å². The molecule has 2 rings (SSSR count). The Hall–Kier alpha value is -0.470. The molecule has 0 amide bonds. The first-order valence-corrected chi connectivity index (χ1v) is 9.13. The highest BCUT2D eigenvalue weighted by atomic mass is 32.2. The molecule has 0 bridgehead atoms. The summed E-state index contributed by atoms with van der Waals surface area (Å²) in [6.07, 6.45) is 1.81. The number of rotatable bonds is 5. The number of hydrogen-bond donors (Lipinski definition) is 2. The summed E-state index contributed by atoms with van der Waals surface area (Å²) in [4.78, 5) is 2.04. The van der Waals surface area contributed by atoms with Crippen molar-refractivity contribution in [2.45, 2.75) is 44.2 Å². The largest absolute Gasteiger partial charge is 0.381 e. The number of hydrogen-bond acceptors (Lipinski definition) is 5. The monoisotopic (exact) mass is 318 g/mol. The second-order valence-corrected chi connectivity index (χ2v) is 8.22. The minimum absolute atomic E-state index is 0.0791. The van der Waals surface area contributed by atoms with Crippen LogP contribution in [0.2, 0.25) is 0 Å². The summed E-state index contributed by atoms with van der Waals surface area (Å²) in [5.41, 5.74) is 5.57. The molecule has 7 heteroatoms. The molecule has 114 valence electrons. The first-order chi connectivity index (χ1) is 9.44. The summed E-state index contributed by atoms with van der Waals surface area (Å²) < 4.78 is 33.0. The van der Waals surface area contributed by atoms with Gasteiger partial charge in [0, 0.05) is 35.6 Å². The highest BCUT2D eigenvalue weighted by Gasteiger charge is 2.27. The number of aryl methyl sites for hydroxylation is 1. The third-order valence-electron chi connectivity index (χ3n) is 3.73. The fourth-order valence-electron chi connectivity index (χ4n) is 2.51. The zero-order chi connectivity index (χ0) is 14.8. The highest BCUT2D eigenvalue weighted by molar-refractivity contribution is 7.89. The van der Waals surface area contributed by atoms with E-state index in [2.05, 4.69) is 4.72 Å². The van der Waals surface area contributed by atoms with Gasteiger partial charge < -0.3 is 10.5 Å². The Bertz CT molecular complexity index is 548. The van der Waals surface area contributed by atoms with Gasteiger partial charge in [0.1, 0.15) is 0 Å². The minimum Gasteiger partial charge on any atom is -0.381 e. The van der Waals surface area contributed by atoms with Gasteiger partial charge in [0.05, 0.1) is 4.90 Å².